The topological polar surface area (TPSA) is 38.5 Å². The number of imidazole rings is 1. The van der Waals surface area contributed by atoms with E-state index < -0.39 is 0 Å². The fourth-order valence-corrected chi connectivity index (χ4v) is 3.38. The maximum absolute atomic E-state index is 5.46. The molecule has 0 saturated carbocycles. The fraction of sp³-hybridized carbons (Fsp3) is 0.714. The SMILES string of the molecule is CCc1nn(C)c2c1[nH]c(=S)n2CCCCCCSC. The van der Waals surface area contributed by atoms with Crippen LogP contribution in [0.2, 0.25) is 0 Å². The number of rotatable bonds is 8. The Kier molecular flexibility index (Phi) is 5.72. The lowest BCUT2D eigenvalue weighted by molar-refractivity contribution is 0.577. The van der Waals surface area contributed by atoms with Crippen LogP contribution in [0.4, 0.5) is 0 Å². The van der Waals surface area contributed by atoms with Crippen molar-refractivity contribution in [3.63, 3.8) is 0 Å². The van der Waals surface area contributed by atoms with E-state index in [4.69, 9.17) is 12.2 Å². The second-order valence-electron chi connectivity index (χ2n) is 5.11. The predicted molar refractivity (Wildman–Crippen MR) is 90.1 cm³/mol. The number of aromatic nitrogens is 4. The molecule has 0 amide bonds. The highest BCUT2D eigenvalue weighted by Crippen LogP contribution is 2.19. The molecule has 4 nitrogen and oxygen atoms in total. The van der Waals surface area contributed by atoms with Crippen LogP contribution >= 0.6 is 24.0 Å². The average Bonchev–Trinajstić information content (AvgIpc) is 2.91. The third-order valence-electron chi connectivity index (χ3n) is 3.64. The van der Waals surface area contributed by atoms with Gasteiger partial charge in [-0.25, -0.2) is 0 Å². The molecule has 2 aromatic heterocycles. The van der Waals surface area contributed by atoms with Gasteiger partial charge in [0.05, 0.1) is 5.69 Å². The van der Waals surface area contributed by atoms with Gasteiger partial charge >= 0.3 is 0 Å². The summed E-state index contributed by atoms with van der Waals surface area (Å²) in [7, 11) is 2.00. The molecule has 0 bridgehead atoms. The lowest BCUT2D eigenvalue weighted by atomic mass is 10.2. The normalized spacial score (nSPS) is 11.6. The second-order valence-corrected chi connectivity index (χ2v) is 6.48. The molecule has 1 N–H and O–H groups in total. The van der Waals surface area contributed by atoms with Gasteiger partial charge in [-0.15, -0.1) is 0 Å². The number of unbranched alkanes of at least 4 members (excludes halogenated alkanes) is 3. The minimum atomic E-state index is 0.826. The Morgan fingerprint density at radius 3 is 2.70 bits per heavy atom. The largest absolute Gasteiger partial charge is 0.328 e. The third-order valence-corrected chi connectivity index (χ3v) is 4.66. The number of aromatic amines is 1. The molecule has 0 aromatic carbocycles. The maximum Gasteiger partial charge on any atom is 0.179 e. The van der Waals surface area contributed by atoms with E-state index in [1.807, 2.05) is 23.5 Å². The van der Waals surface area contributed by atoms with Crippen LogP contribution in [-0.4, -0.2) is 31.3 Å². The van der Waals surface area contributed by atoms with Gasteiger partial charge in [0.25, 0.3) is 0 Å². The molecule has 2 heterocycles. The first-order chi connectivity index (χ1) is 9.69. The maximum atomic E-state index is 5.46. The van der Waals surface area contributed by atoms with Crippen molar-refractivity contribution in [2.24, 2.45) is 7.05 Å². The molecule has 0 aliphatic carbocycles. The standard InChI is InChI=1S/C14H24N4S2/c1-4-11-12-13(17(2)16-11)18(14(19)15-12)9-7-5-6-8-10-20-3/h4-10H2,1-3H3,(H,15,19). The molecular weight excluding hydrogens is 288 g/mol. The van der Waals surface area contributed by atoms with Crippen LogP contribution in [0.5, 0.6) is 0 Å². The zero-order valence-electron chi connectivity index (χ0n) is 12.6. The van der Waals surface area contributed by atoms with Gasteiger partial charge in [-0.2, -0.15) is 16.9 Å². The molecule has 0 radical (unpaired) electrons. The number of aryl methyl sites for hydroxylation is 3. The minimum absolute atomic E-state index is 0.826. The summed E-state index contributed by atoms with van der Waals surface area (Å²) in [5, 5.41) is 4.55. The highest BCUT2D eigenvalue weighted by Gasteiger charge is 2.13. The Bertz CT molecular complexity index is 608. The molecule has 6 heteroatoms. The number of thioether (sulfide) groups is 1. The molecule has 2 rings (SSSR count). The van der Waals surface area contributed by atoms with E-state index in [0.29, 0.717) is 0 Å². The van der Waals surface area contributed by atoms with Crippen LogP contribution in [0.25, 0.3) is 11.2 Å². The van der Waals surface area contributed by atoms with Gasteiger partial charge in [-0.1, -0.05) is 19.8 Å². The van der Waals surface area contributed by atoms with Gasteiger partial charge in [0, 0.05) is 13.6 Å². The van der Waals surface area contributed by atoms with Gasteiger partial charge in [0.2, 0.25) is 0 Å². The van der Waals surface area contributed by atoms with Crippen molar-refractivity contribution in [1.29, 1.82) is 0 Å². The molecular formula is C14H24N4S2. The summed E-state index contributed by atoms with van der Waals surface area (Å²) < 4.78 is 4.98. The highest BCUT2D eigenvalue weighted by atomic mass is 32.2. The van der Waals surface area contributed by atoms with Gasteiger partial charge in [-0.05, 0) is 43.5 Å². The summed E-state index contributed by atoms with van der Waals surface area (Å²) >= 11 is 7.39. The van der Waals surface area contributed by atoms with E-state index in [0.717, 1.165) is 34.6 Å². The van der Waals surface area contributed by atoms with Crippen molar-refractivity contribution in [2.75, 3.05) is 12.0 Å². The van der Waals surface area contributed by atoms with Crippen molar-refractivity contribution >= 4 is 35.1 Å². The Balaban J connectivity index is 2.04. The Labute approximate surface area is 129 Å². The zero-order chi connectivity index (χ0) is 14.5. The van der Waals surface area contributed by atoms with Crippen molar-refractivity contribution in [1.82, 2.24) is 19.3 Å². The number of H-pyrrole nitrogens is 1. The summed E-state index contributed by atoms with van der Waals surface area (Å²) in [5.74, 6) is 1.27. The lowest BCUT2D eigenvalue weighted by Crippen LogP contribution is -2.03. The number of hydrogen-bond acceptors (Lipinski definition) is 3. The van der Waals surface area contributed by atoms with Crippen molar-refractivity contribution in [3.8, 4) is 0 Å². The van der Waals surface area contributed by atoms with Crippen molar-refractivity contribution in [2.45, 2.75) is 45.6 Å². The molecule has 0 spiro atoms. The molecule has 0 saturated heterocycles. The number of nitrogens with one attached hydrogen (secondary N) is 1. The molecule has 0 unspecified atom stereocenters. The summed E-state index contributed by atoms with van der Waals surface area (Å²) in [6, 6.07) is 0. The first kappa shape index (κ1) is 15.6. The predicted octanol–water partition coefficient (Wildman–Crippen LogP) is 3.92. The van der Waals surface area contributed by atoms with E-state index in [9.17, 15) is 0 Å². The molecule has 0 aliphatic heterocycles. The number of fused-ring (bicyclic) bond motifs is 1. The summed E-state index contributed by atoms with van der Waals surface area (Å²) in [6.45, 7) is 3.11. The molecule has 0 atom stereocenters. The van der Waals surface area contributed by atoms with Crippen LogP contribution < -0.4 is 0 Å². The zero-order valence-corrected chi connectivity index (χ0v) is 14.2. The fourth-order valence-electron chi connectivity index (χ4n) is 2.60. The number of hydrogen-bond donors (Lipinski definition) is 1. The van der Waals surface area contributed by atoms with Crippen LogP contribution in [0, 0.1) is 4.77 Å². The second kappa shape index (κ2) is 7.31. The Morgan fingerprint density at radius 2 is 2.00 bits per heavy atom. The van der Waals surface area contributed by atoms with Gasteiger partial charge in [0.15, 0.2) is 10.4 Å². The van der Waals surface area contributed by atoms with E-state index in [1.54, 1.807) is 0 Å². The Morgan fingerprint density at radius 1 is 1.25 bits per heavy atom. The van der Waals surface area contributed by atoms with Crippen LogP contribution in [0.1, 0.15) is 38.3 Å². The van der Waals surface area contributed by atoms with Crippen LogP contribution in [0.3, 0.4) is 0 Å². The van der Waals surface area contributed by atoms with Crippen LogP contribution in [0.15, 0.2) is 0 Å². The van der Waals surface area contributed by atoms with Gasteiger partial charge in [0.1, 0.15) is 5.52 Å². The van der Waals surface area contributed by atoms with Gasteiger partial charge in [-0.3, -0.25) is 4.68 Å². The smallest absolute Gasteiger partial charge is 0.179 e. The summed E-state index contributed by atoms with van der Waals surface area (Å²) in [6.07, 6.45) is 8.19. The molecule has 20 heavy (non-hydrogen) atoms. The third kappa shape index (κ3) is 3.28. The number of nitrogens with zero attached hydrogens (tertiary/aromatic N) is 3. The van der Waals surface area contributed by atoms with Crippen LogP contribution in [-0.2, 0) is 20.0 Å². The lowest BCUT2D eigenvalue weighted by Gasteiger charge is -2.05. The molecule has 2 aromatic rings. The first-order valence-electron chi connectivity index (χ1n) is 7.32. The van der Waals surface area contributed by atoms with E-state index >= 15 is 0 Å². The van der Waals surface area contributed by atoms with Crippen molar-refractivity contribution < 1.29 is 0 Å². The monoisotopic (exact) mass is 312 g/mol. The Hall–Kier alpha value is -0.750. The van der Waals surface area contributed by atoms with E-state index in [-0.39, 0.29) is 0 Å². The summed E-state index contributed by atoms with van der Waals surface area (Å²) in [5.41, 5.74) is 3.35. The minimum Gasteiger partial charge on any atom is -0.328 e. The summed E-state index contributed by atoms with van der Waals surface area (Å²) in [4.78, 5) is 3.32. The molecule has 0 fully saturated rings. The first-order valence-corrected chi connectivity index (χ1v) is 9.12. The highest BCUT2D eigenvalue weighted by molar-refractivity contribution is 7.98. The average molecular weight is 313 g/mol. The van der Waals surface area contributed by atoms with Gasteiger partial charge < -0.3 is 9.55 Å². The van der Waals surface area contributed by atoms with E-state index in [1.165, 1.54) is 31.4 Å². The molecule has 112 valence electrons. The molecule has 0 aliphatic rings. The quantitative estimate of drug-likeness (QED) is 0.593. The van der Waals surface area contributed by atoms with E-state index in [2.05, 4.69) is 27.8 Å². The van der Waals surface area contributed by atoms with Crippen molar-refractivity contribution in [3.05, 3.63) is 10.5 Å².